The third-order valence-electron chi connectivity index (χ3n) is 2.70. The molecule has 0 aromatic carbocycles. The zero-order valence-electron chi connectivity index (χ0n) is 10.4. The Labute approximate surface area is 124 Å². The summed E-state index contributed by atoms with van der Waals surface area (Å²) < 4.78 is 1.60. The quantitative estimate of drug-likeness (QED) is 0.639. The fraction of sp³-hybridized carbons (Fsp3) is 0.545. The molecule has 7 heteroatoms. The summed E-state index contributed by atoms with van der Waals surface area (Å²) in [5.41, 5.74) is -0.303. The number of halogens is 2. The SMILES string of the molecule is CCC(C)NC(=O)C(C)n1cnc(Cl)c(I)c1=O. The zero-order chi connectivity index (χ0) is 13.9. The summed E-state index contributed by atoms with van der Waals surface area (Å²) in [6, 6.07) is -0.528. The lowest BCUT2D eigenvalue weighted by Gasteiger charge is -2.18. The molecule has 18 heavy (non-hydrogen) atoms. The van der Waals surface area contributed by atoms with Crippen molar-refractivity contribution in [3.8, 4) is 0 Å². The molecule has 1 amide bonds. The van der Waals surface area contributed by atoms with Gasteiger partial charge in [-0.15, -0.1) is 0 Å². The summed E-state index contributed by atoms with van der Waals surface area (Å²) in [4.78, 5) is 27.8. The molecule has 5 nitrogen and oxygen atoms in total. The Morgan fingerprint density at radius 2 is 2.22 bits per heavy atom. The fourth-order valence-corrected chi connectivity index (χ4v) is 1.83. The van der Waals surface area contributed by atoms with Crippen molar-refractivity contribution in [2.45, 2.75) is 39.3 Å². The molecule has 0 radical (unpaired) electrons. The Morgan fingerprint density at radius 3 is 2.78 bits per heavy atom. The maximum atomic E-state index is 11.9. The summed E-state index contributed by atoms with van der Waals surface area (Å²) in [5.74, 6) is -0.202. The average Bonchev–Trinajstić information content (AvgIpc) is 2.35. The molecule has 0 spiro atoms. The van der Waals surface area contributed by atoms with E-state index >= 15 is 0 Å². The van der Waals surface area contributed by atoms with E-state index < -0.39 is 6.04 Å². The first-order chi connectivity index (χ1) is 8.38. The number of rotatable bonds is 4. The van der Waals surface area contributed by atoms with Crippen molar-refractivity contribution in [3.05, 3.63) is 25.4 Å². The van der Waals surface area contributed by atoms with Crippen LogP contribution in [0.1, 0.15) is 33.2 Å². The molecule has 0 saturated carbocycles. The third kappa shape index (κ3) is 3.44. The molecule has 1 aromatic heterocycles. The van der Waals surface area contributed by atoms with E-state index in [1.807, 2.05) is 36.4 Å². The van der Waals surface area contributed by atoms with Gasteiger partial charge >= 0.3 is 0 Å². The van der Waals surface area contributed by atoms with Gasteiger partial charge in [-0.2, -0.15) is 0 Å². The van der Waals surface area contributed by atoms with Crippen molar-refractivity contribution in [1.82, 2.24) is 14.9 Å². The molecule has 100 valence electrons. The summed E-state index contributed by atoms with van der Waals surface area (Å²) >= 11 is 7.57. The predicted molar refractivity (Wildman–Crippen MR) is 78.8 cm³/mol. The second kappa shape index (κ2) is 6.51. The minimum Gasteiger partial charge on any atom is -0.352 e. The number of hydrogen-bond donors (Lipinski definition) is 1. The molecular weight excluding hydrogens is 368 g/mol. The van der Waals surface area contributed by atoms with Crippen LogP contribution in [0.2, 0.25) is 5.15 Å². The zero-order valence-corrected chi connectivity index (χ0v) is 13.3. The predicted octanol–water partition coefficient (Wildman–Crippen LogP) is 1.98. The van der Waals surface area contributed by atoms with Crippen LogP contribution in [0.5, 0.6) is 0 Å². The van der Waals surface area contributed by atoms with E-state index in [2.05, 4.69) is 10.3 Å². The first-order valence-electron chi connectivity index (χ1n) is 5.61. The van der Waals surface area contributed by atoms with Gasteiger partial charge in [0, 0.05) is 6.04 Å². The standard InChI is InChI=1S/C11H15ClIN3O2/c1-4-6(2)15-10(17)7(3)16-5-14-9(12)8(13)11(16)18/h5-7H,4H2,1-3H3,(H,15,17). The first kappa shape index (κ1) is 15.4. The summed E-state index contributed by atoms with van der Waals surface area (Å²) in [5, 5.41) is 2.99. The van der Waals surface area contributed by atoms with E-state index in [1.165, 1.54) is 10.9 Å². The topological polar surface area (TPSA) is 64.0 Å². The van der Waals surface area contributed by atoms with Crippen molar-refractivity contribution in [1.29, 1.82) is 0 Å². The number of nitrogens with zero attached hydrogens (tertiary/aromatic N) is 2. The summed E-state index contributed by atoms with van der Waals surface area (Å²) in [7, 11) is 0. The first-order valence-corrected chi connectivity index (χ1v) is 7.06. The van der Waals surface area contributed by atoms with Gasteiger partial charge in [-0.1, -0.05) is 18.5 Å². The molecule has 0 bridgehead atoms. The van der Waals surface area contributed by atoms with E-state index in [0.29, 0.717) is 3.57 Å². The molecule has 2 unspecified atom stereocenters. The summed E-state index contributed by atoms with van der Waals surface area (Å²) in [6.07, 6.45) is 2.14. The lowest BCUT2D eigenvalue weighted by molar-refractivity contribution is -0.124. The largest absolute Gasteiger partial charge is 0.352 e. The molecule has 1 heterocycles. The van der Waals surface area contributed by atoms with Gasteiger partial charge in [0.25, 0.3) is 5.56 Å². The third-order valence-corrected chi connectivity index (χ3v) is 4.27. The molecule has 0 fully saturated rings. The smallest absolute Gasteiger partial charge is 0.269 e. The number of nitrogens with one attached hydrogen (secondary N) is 1. The van der Waals surface area contributed by atoms with Crippen LogP contribution in [0.15, 0.2) is 11.1 Å². The van der Waals surface area contributed by atoms with Crippen molar-refractivity contribution in [2.24, 2.45) is 0 Å². The van der Waals surface area contributed by atoms with Crippen LogP contribution in [-0.4, -0.2) is 21.5 Å². The van der Waals surface area contributed by atoms with Gasteiger partial charge in [0.15, 0.2) is 0 Å². The number of carbonyl (C=O) groups excluding carboxylic acids is 1. The van der Waals surface area contributed by atoms with Gasteiger partial charge in [0.2, 0.25) is 5.91 Å². The van der Waals surface area contributed by atoms with Crippen molar-refractivity contribution in [2.75, 3.05) is 0 Å². The number of amides is 1. The second-order valence-electron chi connectivity index (χ2n) is 4.06. The van der Waals surface area contributed by atoms with E-state index in [0.717, 1.165) is 6.42 Å². The Balaban J connectivity index is 2.98. The monoisotopic (exact) mass is 383 g/mol. The molecule has 1 rings (SSSR count). The molecule has 0 aliphatic heterocycles. The highest BCUT2D eigenvalue weighted by molar-refractivity contribution is 14.1. The molecule has 0 aliphatic rings. The number of hydrogen-bond acceptors (Lipinski definition) is 3. The van der Waals surface area contributed by atoms with Gasteiger partial charge in [-0.3, -0.25) is 14.2 Å². The van der Waals surface area contributed by atoms with E-state index in [1.54, 1.807) is 6.92 Å². The number of carbonyl (C=O) groups is 1. The molecule has 0 saturated heterocycles. The normalized spacial score (nSPS) is 14.1. The Bertz CT molecular complexity index is 504. The minimum absolute atomic E-state index is 0.0787. The average molecular weight is 384 g/mol. The van der Waals surface area contributed by atoms with Gasteiger partial charge in [0.1, 0.15) is 14.8 Å². The van der Waals surface area contributed by atoms with Gasteiger partial charge in [-0.05, 0) is 42.9 Å². The van der Waals surface area contributed by atoms with E-state index in [-0.39, 0.29) is 22.7 Å². The van der Waals surface area contributed by atoms with Gasteiger partial charge in [0.05, 0.1) is 6.33 Å². The van der Waals surface area contributed by atoms with Crippen molar-refractivity contribution in [3.63, 3.8) is 0 Å². The molecule has 2 atom stereocenters. The second-order valence-corrected chi connectivity index (χ2v) is 5.49. The van der Waals surface area contributed by atoms with Gasteiger partial charge in [-0.25, -0.2) is 4.98 Å². The van der Waals surface area contributed by atoms with Crippen LogP contribution >= 0.6 is 34.2 Å². The molecular formula is C11H15ClIN3O2. The van der Waals surface area contributed by atoms with Crippen LogP contribution in [0.25, 0.3) is 0 Å². The van der Waals surface area contributed by atoms with Crippen LogP contribution in [0.4, 0.5) is 0 Å². The summed E-state index contributed by atoms with van der Waals surface area (Å²) in [6.45, 7) is 5.55. The lowest BCUT2D eigenvalue weighted by atomic mass is 10.2. The van der Waals surface area contributed by atoms with Gasteiger partial charge < -0.3 is 5.32 Å². The van der Waals surface area contributed by atoms with Crippen molar-refractivity contribution >= 4 is 40.1 Å². The highest BCUT2D eigenvalue weighted by Gasteiger charge is 2.19. The lowest BCUT2D eigenvalue weighted by Crippen LogP contribution is -2.40. The number of aromatic nitrogens is 2. The fourth-order valence-electron chi connectivity index (χ4n) is 1.29. The molecule has 0 aliphatic carbocycles. The maximum Gasteiger partial charge on any atom is 0.269 e. The van der Waals surface area contributed by atoms with E-state index in [4.69, 9.17) is 11.6 Å². The molecule has 1 N–H and O–H groups in total. The van der Waals surface area contributed by atoms with E-state index in [9.17, 15) is 9.59 Å². The van der Waals surface area contributed by atoms with Crippen LogP contribution in [-0.2, 0) is 4.79 Å². The minimum atomic E-state index is -0.607. The Morgan fingerprint density at radius 1 is 1.61 bits per heavy atom. The van der Waals surface area contributed by atoms with Crippen LogP contribution in [0.3, 0.4) is 0 Å². The van der Waals surface area contributed by atoms with Crippen LogP contribution in [0, 0.1) is 3.57 Å². The highest BCUT2D eigenvalue weighted by atomic mass is 127. The van der Waals surface area contributed by atoms with Crippen molar-refractivity contribution < 1.29 is 4.79 Å². The van der Waals surface area contributed by atoms with Crippen LogP contribution < -0.4 is 10.9 Å². The molecule has 1 aromatic rings. The maximum absolute atomic E-state index is 11.9. The highest BCUT2D eigenvalue weighted by Crippen LogP contribution is 2.12. The Hall–Kier alpha value is -0.630. The Kier molecular flexibility index (Phi) is 5.58.